The molecule has 1 aliphatic rings. The topological polar surface area (TPSA) is 82.5 Å². The Morgan fingerprint density at radius 3 is 2.86 bits per heavy atom. The number of aromatic carboxylic acids is 1. The average Bonchev–Trinajstić information content (AvgIpc) is 2.81. The number of nitrogens with zero attached hydrogens (tertiary/aromatic N) is 2. The molecule has 0 saturated carbocycles. The number of carboxylic acid groups (broad SMARTS) is 1. The molecule has 1 fully saturated rings. The van der Waals surface area contributed by atoms with E-state index in [9.17, 15) is 9.59 Å². The first-order valence-corrected chi connectivity index (χ1v) is 7.96. The van der Waals surface area contributed by atoms with E-state index in [-0.39, 0.29) is 18.3 Å². The summed E-state index contributed by atoms with van der Waals surface area (Å²) < 4.78 is 0. The summed E-state index contributed by atoms with van der Waals surface area (Å²) in [5, 5.41) is 13.7. The molecular formula is C14H21N3O3S. The molecule has 116 valence electrons. The van der Waals surface area contributed by atoms with Crippen LogP contribution in [0.4, 0.5) is 4.79 Å². The molecule has 2 N–H and O–H groups in total. The fraction of sp³-hybridized carbons (Fsp3) is 0.643. The molecule has 6 nitrogen and oxygen atoms in total. The van der Waals surface area contributed by atoms with Crippen LogP contribution in [0.2, 0.25) is 0 Å². The highest BCUT2D eigenvalue weighted by Gasteiger charge is 2.25. The van der Waals surface area contributed by atoms with Crippen LogP contribution in [0.5, 0.6) is 0 Å². The average molecular weight is 311 g/mol. The molecule has 7 heteroatoms. The zero-order valence-electron chi connectivity index (χ0n) is 12.4. The molecule has 0 bridgehead atoms. The third-order valence-corrected chi connectivity index (χ3v) is 4.64. The lowest BCUT2D eigenvalue weighted by molar-refractivity contribution is 0.0691. The zero-order chi connectivity index (χ0) is 15.5. The van der Waals surface area contributed by atoms with E-state index in [0.717, 1.165) is 32.4 Å². The molecule has 0 radical (unpaired) electrons. The number of aromatic nitrogens is 1. The molecule has 2 amide bonds. The van der Waals surface area contributed by atoms with Crippen molar-refractivity contribution in [3.8, 4) is 0 Å². The number of amides is 2. The first kappa shape index (κ1) is 15.8. The van der Waals surface area contributed by atoms with Crippen LogP contribution in [0.3, 0.4) is 0 Å². The standard InChI is InChI=1S/C14H21N3O3S/c1-14(2)4-3-6-17(7-5-14)13(20)15-8-11-16-10(9-21-11)12(18)19/h9H,3-8H2,1-2H3,(H,15,20)(H,18,19). The van der Waals surface area contributed by atoms with Crippen molar-refractivity contribution in [1.82, 2.24) is 15.2 Å². The largest absolute Gasteiger partial charge is 0.476 e. The minimum absolute atomic E-state index is 0.0285. The number of carbonyl (C=O) groups excluding carboxylic acids is 1. The first-order valence-electron chi connectivity index (χ1n) is 7.08. The van der Waals surface area contributed by atoms with E-state index in [1.54, 1.807) is 0 Å². The van der Waals surface area contributed by atoms with E-state index < -0.39 is 5.97 Å². The summed E-state index contributed by atoms with van der Waals surface area (Å²) in [5.41, 5.74) is 0.321. The number of urea groups is 1. The third kappa shape index (κ3) is 4.42. The SMILES string of the molecule is CC1(C)CCCN(C(=O)NCc2nc(C(=O)O)cs2)CC1. The van der Waals surface area contributed by atoms with Gasteiger partial charge in [-0.3, -0.25) is 0 Å². The Morgan fingerprint density at radius 1 is 1.43 bits per heavy atom. The number of thiazole rings is 1. The van der Waals surface area contributed by atoms with E-state index in [2.05, 4.69) is 24.1 Å². The number of carbonyl (C=O) groups is 2. The van der Waals surface area contributed by atoms with Crippen molar-refractivity contribution >= 4 is 23.3 Å². The third-order valence-electron chi connectivity index (χ3n) is 3.79. The summed E-state index contributed by atoms with van der Waals surface area (Å²) in [5.74, 6) is -1.04. The Kier molecular flexibility index (Phi) is 4.82. The van der Waals surface area contributed by atoms with Crippen molar-refractivity contribution in [2.75, 3.05) is 13.1 Å². The summed E-state index contributed by atoms with van der Waals surface area (Å²) in [6.07, 6.45) is 3.15. The van der Waals surface area contributed by atoms with Crippen molar-refractivity contribution in [2.45, 2.75) is 39.7 Å². The van der Waals surface area contributed by atoms with Crippen molar-refractivity contribution in [3.05, 3.63) is 16.1 Å². The van der Waals surface area contributed by atoms with Crippen molar-refractivity contribution < 1.29 is 14.7 Å². The van der Waals surface area contributed by atoms with Crippen LogP contribution in [0, 0.1) is 5.41 Å². The number of nitrogens with one attached hydrogen (secondary N) is 1. The predicted octanol–water partition coefficient (Wildman–Crippen LogP) is 2.56. The van der Waals surface area contributed by atoms with Gasteiger partial charge in [-0.1, -0.05) is 13.8 Å². The number of hydrogen-bond acceptors (Lipinski definition) is 4. The van der Waals surface area contributed by atoms with Gasteiger partial charge in [-0.05, 0) is 24.7 Å². The van der Waals surface area contributed by atoms with Crippen LogP contribution in [0.15, 0.2) is 5.38 Å². The van der Waals surface area contributed by atoms with E-state index in [1.165, 1.54) is 16.7 Å². The lowest BCUT2D eigenvalue weighted by Gasteiger charge is -2.23. The molecule has 21 heavy (non-hydrogen) atoms. The maximum atomic E-state index is 12.2. The Labute approximate surface area is 128 Å². The molecule has 0 atom stereocenters. The van der Waals surface area contributed by atoms with Crippen molar-refractivity contribution in [2.24, 2.45) is 5.41 Å². The van der Waals surface area contributed by atoms with Gasteiger partial charge in [-0.25, -0.2) is 14.6 Å². The highest BCUT2D eigenvalue weighted by Crippen LogP contribution is 2.29. The molecule has 2 heterocycles. The smallest absolute Gasteiger partial charge is 0.355 e. The molecule has 1 aromatic heterocycles. The van der Waals surface area contributed by atoms with Gasteiger partial charge in [-0.15, -0.1) is 11.3 Å². The fourth-order valence-corrected chi connectivity index (χ4v) is 3.09. The zero-order valence-corrected chi connectivity index (χ0v) is 13.2. The first-order chi connectivity index (χ1) is 9.87. The molecule has 0 aliphatic carbocycles. The molecule has 0 aromatic carbocycles. The number of carboxylic acids is 1. The second-order valence-electron chi connectivity index (χ2n) is 6.10. The number of hydrogen-bond donors (Lipinski definition) is 2. The summed E-state index contributed by atoms with van der Waals surface area (Å²) in [7, 11) is 0. The predicted molar refractivity (Wildman–Crippen MR) is 80.5 cm³/mol. The van der Waals surface area contributed by atoms with Crippen LogP contribution in [-0.2, 0) is 6.54 Å². The minimum Gasteiger partial charge on any atom is -0.476 e. The van der Waals surface area contributed by atoms with Crippen LogP contribution in [0.1, 0.15) is 48.6 Å². The Morgan fingerprint density at radius 2 is 2.19 bits per heavy atom. The second-order valence-corrected chi connectivity index (χ2v) is 7.04. The lowest BCUT2D eigenvalue weighted by atomic mass is 9.85. The van der Waals surface area contributed by atoms with E-state index in [4.69, 9.17) is 5.11 Å². The van der Waals surface area contributed by atoms with Gasteiger partial charge < -0.3 is 15.3 Å². The highest BCUT2D eigenvalue weighted by atomic mass is 32.1. The monoisotopic (exact) mass is 311 g/mol. The summed E-state index contributed by atoms with van der Waals surface area (Å²) >= 11 is 1.25. The summed E-state index contributed by atoms with van der Waals surface area (Å²) in [6.45, 7) is 6.27. The Balaban J connectivity index is 1.85. The van der Waals surface area contributed by atoms with E-state index in [0.29, 0.717) is 10.4 Å². The normalized spacial score (nSPS) is 18.1. The van der Waals surface area contributed by atoms with Gasteiger partial charge in [0.15, 0.2) is 5.69 Å². The van der Waals surface area contributed by atoms with Gasteiger partial charge in [0.05, 0.1) is 6.54 Å². The van der Waals surface area contributed by atoms with Crippen LogP contribution in [0.25, 0.3) is 0 Å². The van der Waals surface area contributed by atoms with Gasteiger partial charge in [0.2, 0.25) is 0 Å². The minimum atomic E-state index is -1.04. The molecule has 1 saturated heterocycles. The molecular weight excluding hydrogens is 290 g/mol. The van der Waals surface area contributed by atoms with E-state index >= 15 is 0 Å². The summed E-state index contributed by atoms with van der Waals surface area (Å²) in [6, 6.07) is -0.0974. The van der Waals surface area contributed by atoms with E-state index in [1.807, 2.05) is 4.90 Å². The molecule has 2 rings (SSSR count). The molecule has 1 aliphatic heterocycles. The van der Waals surface area contributed by atoms with Crippen molar-refractivity contribution in [1.29, 1.82) is 0 Å². The second kappa shape index (κ2) is 6.43. The Hall–Kier alpha value is -1.63. The fourth-order valence-electron chi connectivity index (χ4n) is 2.38. The lowest BCUT2D eigenvalue weighted by Crippen LogP contribution is -2.40. The Bertz CT molecular complexity index is 527. The summed E-state index contributed by atoms with van der Waals surface area (Å²) in [4.78, 5) is 28.7. The molecule has 0 unspecified atom stereocenters. The van der Waals surface area contributed by atoms with Crippen LogP contribution < -0.4 is 5.32 Å². The quantitative estimate of drug-likeness (QED) is 0.898. The van der Waals surface area contributed by atoms with Gasteiger partial charge in [-0.2, -0.15) is 0 Å². The van der Waals surface area contributed by atoms with Gasteiger partial charge in [0, 0.05) is 18.5 Å². The van der Waals surface area contributed by atoms with Gasteiger partial charge in [0.25, 0.3) is 0 Å². The van der Waals surface area contributed by atoms with Crippen LogP contribution >= 0.6 is 11.3 Å². The molecule has 0 spiro atoms. The molecule has 1 aromatic rings. The van der Waals surface area contributed by atoms with Gasteiger partial charge >= 0.3 is 12.0 Å². The number of rotatable bonds is 3. The van der Waals surface area contributed by atoms with Crippen LogP contribution in [-0.4, -0.2) is 40.1 Å². The highest BCUT2D eigenvalue weighted by molar-refractivity contribution is 7.09. The number of likely N-dealkylation sites (tertiary alicyclic amines) is 1. The van der Waals surface area contributed by atoms with Crippen molar-refractivity contribution in [3.63, 3.8) is 0 Å². The maximum absolute atomic E-state index is 12.2. The maximum Gasteiger partial charge on any atom is 0.355 e. The van der Waals surface area contributed by atoms with Gasteiger partial charge in [0.1, 0.15) is 5.01 Å².